The quantitative estimate of drug-likeness (QED) is 0.636. The number of hydrogen-bond acceptors (Lipinski definition) is 5. The number of rotatable bonds is 8. The summed E-state index contributed by atoms with van der Waals surface area (Å²) in [5.74, 6) is 1.11. The number of hydrogen-bond donors (Lipinski definition) is 2. The number of aliphatic hydroxyl groups excluding tert-OH is 1. The molecule has 1 aromatic heterocycles. The first-order valence-electron chi connectivity index (χ1n) is 6.18. The van der Waals surface area contributed by atoms with E-state index >= 15 is 0 Å². The van der Waals surface area contributed by atoms with Crippen molar-refractivity contribution in [2.24, 2.45) is 7.05 Å². The third kappa shape index (κ3) is 3.69. The van der Waals surface area contributed by atoms with E-state index in [4.69, 9.17) is 9.84 Å². The van der Waals surface area contributed by atoms with Crippen LogP contribution in [0.1, 0.15) is 11.3 Å². The van der Waals surface area contributed by atoms with E-state index in [2.05, 4.69) is 15.3 Å². The highest BCUT2D eigenvalue weighted by Crippen LogP contribution is 2.21. The van der Waals surface area contributed by atoms with Crippen LogP contribution in [0.2, 0.25) is 0 Å². The van der Waals surface area contributed by atoms with Gasteiger partial charge >= 0.3 is 0 Å². The van der Waals surface area contributed by atoms with Crippen LogP contribution in [0, 0.1) is 6.92 Å². The Morgan fingerprint density at radius 2 is 2.17 bits per heavy atom. The van der Waals surface area contributed by atoms with Crippen LogP contribution in [-0.2, 0) is 18.3 Å². The minimum Gasteiger partial charge on any atom is -0.394 e. The van der Waals surface area contributed by atoms with Crippen LogP contribution in [0.5, 0.6) is 0 Å². The summed E-state index contributed by atoms with van der Waals surface area (Å²) in [6.07, 6.45) is 0. The largest absolute Gasteiger partial charge is 0.394 e. The normalized spacial score (nSPS) is 10.9. The Morgan fingerprint density at radius 3 is 2.78 bits per heavy atom. The Kier molecular flexibility index (Phi) is 6.11. The van der Waals surface area contributed by atoms with E-state index in [1.807, 2.05) is 32.7 Å². The lowest BCUT2D eigenvalue weighted by atomic mass is 10.2. The van der Waals surface area contributed by atoms with Gasteiger partial charge in [-0.1, -0.05) is 0 Å². The smallest absolute Gasteiger partial charge is 0.131 e. The molecule has 6 nitrogen and oxygen atoms in total. The van der Waals surface area contributed by atoms with Crippen molar-refractivity contribution in [1.82, 2.24) is 15.1 Å². The van der Waals surface area contributed by atoms with E-state index in [1.165, 1.54) is 5.56 Å². The molecule has 0 spiro atoms. The van der Waals surface area contributed by atoms with Gasteiger partial charge in [-0.05, 0) is 14.0 Å². The molecule has 0 aliphatic rings. The van der Waals surface area contributed by atoms with Gasteiger partial charge in [-0.15, -0.1) is 0 Å². The predicted molar refractivity (Wildman–Crippen MR) is 71.9 cm³/mol. The van der Waals surface area contributed by atoms with Crippen LogP contribution in [0.15, 0.2) is 0 Å². The molecule has 0 atom stereocenters. The molecule has 0 amide bonds. The summed E-state index contributed by atoms with van der Waals surface area (Å²) >= 11 is 0. The van der Waals surface area contributed by atoms with Crippen LogP contribution >= 0.6 is 0 Å². The van der Waals surface area contributed by atoms with Crippen molar-refractivity contribution in [2.75, 3.05) is 45.4 Å². The zero-order chi connectivity index (χ0) is 13.5. The van der Waals surface area contributed by atoms with Gasteiger partial charge in [0.15, 0.2) is 0 Å². The van der Waals surface area contributed by atoms with Crippen molar-refractivity contribution >= 4 is 5.82 Å². The molecule has 18 heavy (non-hydrogen) atoms. The second kappa shape index (κ2) is 7.35. The number of aromatic nitrogens is 2. The van der Waals surface area contributed by atoms with Crippen molar-refractivity contribution < 1.29 is 9.84 Å². The van der Waals surface area contributed by atoms with E-state index in [-0.39, 0.29) is 6.61 Å². The second-order valence-corrected chi connectivity index (χ2v) is 4.30. The summed E-state index contributed by atoms with van der Waals surface area (Å²) in [5.41, 5.74) is 2.26. The molecule has 0 radical (unpaired) electrons. The maximum absolute atomic E-state index is 8.65. The molecule has 0 fully saturated rings. The first-order valence-corrected chi connectivity index (χ1v) is 6.18. The Hall–Kier alpha value is -1.11. The highest BCUT2D eigenvalue weighted by molar-refractivity contribution is 5.49. The number of aryl methyl sites for hydroxylation is 2. The van der Waals surface area contributed by atoms with Crippen LogP contribution < -0.4 is 10.2 Å². The fourth-order valence-electron chi connectivity index (χ4n) is 2.03. The fourth-order valence-corrected chi connectivity index (χ4v) is 2.03. The van der Waals surface area contributed by atoms with Crippen LogP contribution in [0.3, 0.4) is 0 Å². The number of nitrogens with zero attached hydrogens (tertiary/aromatic N) is 3. The predicted octanol–water partition coefficient (Wildman–Crippen LogP) is -0.107. The highest BCUT2D eigenvalue weighted by Gasteiger charge is 2.15. The van der Waals surface area contributed by atoms with Crippen molar-refractivity contribution in [3.05, 3.63) is 11.3 Å². The zero-order valence-electron chi connectivity index (χ0n) is 11.7. The Balaban J connectivity index is 2.68. The third-order valence-corrected chi connectivity index (χ3v) is 2.83. The van der Waals surface area contributed by atoms with Crippen LogP contribution in [-0.4, -0.2) is 55.3 Å². The molecule has 0 saturated heterocycles. The molecule has 6 heteroatoms. The fraction of sp³-hybridized carbons (Fsp3) is 0.750. The summed E-state index contributed by atoms with van der Waals surface area (Å²) in [5, 5.41) is 16.3. The third-order valence-electron chi connectivity index (χ3n) is 2.83. The minimum atomic E-state index is 0.0690. The van der Waals surface area contributed by atoms with Gasteiger partial charge < -0.3 is 20.1 Å². The summed E-state index contributed by atoms with van der Waals surface area (Å²) < 4.78 is 7.18. The molecule has 2 N–H and O–H groups in total. The first kappa shape index (κ1) is 14.9. The van der Waals surface area contributed by atoms with E-state index in [1.54, 1.807) is 0 Å². The van der Waals surface area contributed by atoms with Gasteiger partial charge in [0.05, 0.1) is 25.5 Å². The number of ether oxygens (including phenoxy) is 1. The average Bonchev–Trinajstić information content (AvgIpc) is 2.60. The number of aliphatic hydroxyl groups is 1. The highest BCUT2D eigenvalue weighted by atomic mass is 16.5. The molecular formula is C12H24N4O2. The van der Waals surface area contributed by atoms with E-state index in [0.717, 1.165) is 24.6 Å². The van der Waals surface area contributed by atoms with E-state index < -0.39 is 0 Å². The molecule has 0 bridgehead atoms. The summed E-state index contributed by atoms with van der Waals surface area (Å²) in [6.45, 7) is 4.65. The molecule has 0 saturated carbocycles. The maximum atomic E-state index is 8.65. The van der Waals surface area contributed by atoms with Crippen molar-refractivity contribution in [1.29, 1.82) is 0 Å². The molecule has 0 aliphatic heterocycles. The second-order valence-electron chi connectivity index (χ2n) is 4.30. The van der Waals surface area contributed by atoms with Crippen LogP contribution in [0.4, 0.5) is 5.82 Å². The van der Waals surface area contributed by atoms with Crippen molar-refractivity contribution in [3.8, 4) is 0 Å². The Bertz CT molecular complexity index is 365. The molecule has 0 aromatic carbocycles. The zero-order valence-corrected chi connectivity index (χ0v) is 11.7. The van der Waals surface area contributed by atoms with Crippen LogP contribution in [0.25, 0.3) is 0 Å². The standard InChI is InChI=1S/C12H24N4O2/c1-10-11(9-13-2)12(16(4)14-10)15(3)5-7-18-8-6-17/h13,17H,5-9H2,1-4H3. The monoisotopic (exact) mass is 256 g/mol. The number of likely N-dealkylation sites (N-methyl/N-ethyl adjacent to an activating group) is 1. The lowest BCUT2D eigenvalue weighted by Crippen LogP contribution is -2.26. The van der Waals surface area contributed by atoms with Crippen molar-refractivity contribution in [2.45, 2.75) is 13.5 Å². The van der Waals surface area contributed by atoms with Gasteiger partial charge in [0.1, 0.15) is 5.82 Å². The molecular weight excluding hydrogens is 232 g/mol. The Labute approximate surface area is 109 Å². The van der Waals surface area contributed by atoms with Crippen molar-refractivity contribution in [3.63, 3.8) is 0 Å². The average molecular weight is 256 g/mol. The molecule has 0 aliphatic carbocycles. The van der Waals surface area contributed by atoms with Gasteiger partial charge in [0.2, 0.25) is 0 Å². The summed E-state index contributed by atoms with van der Waals surface area (Å²) in [4.78, 5) is 2.13. The molecule has 1 heterocycles. The summed E-state index contributed by atoms with van der Waals surface area (Å²) in [7, 11) is 5.91. The lowest BCUT2D eigenvalue weighted by molar-refractivity contribution is 0.0970. The summed E-state index contributed by atoms with van der Waals surface area (Å²) in [6, 6.07) is 0. The van der Waals surface area contributed by atoms with Gasteiger partial charge in [-0.25, -0.2) is 0 Å². The number of anilines is 1. The SMILES string of the molecule is CNCc1c(C)nn(C)c1N(C)CCOCCO. The lowest BCUT2D eigenvalue weighted by Gasteiger charge is -2.21. The van der Waals surface area contributed by atoms with E-state index in [9.17, 15) is 0 Å². The Morgan fingerprint density at radius 1 is 1.44 bits per heavy atom. The van der Waals surface area contributed by atoms with Gasteiger partial charge in [-0.2, -0.15) is 5.10 Å². The maximum Gasteiger partial charge on any atom is 0.131 e. The van der Waals surface area contributed by atoms with E-state index in [0.29, 0.717) is 13.2 Å². The first-order chi connectivity index (χ1) is 8.61. The van der Waals surface area contributed by atoms with Gasteiger partial charge in [0, 0.05) is 32.7 Å². The van der Waals surface area contributed by atoms with Gasteiger partial charge in [-0.3, -0.25) is 4.68 Å². The number of nitrogens with one attached hydrogen (secondary N) is 1. The topological polar surface area (TPSA) is 62.6 Å². The molecule has 1 aromatic rings. The molecule has 104 valence electrons. The molecule has 1 rings (SSSR count). The van der Waals surface area contributed by atoms with Gasteiger partial charge in [0.25, 0.3) is 0 Å². The molecule has 0 unspecified atom stereocenters. The minimum absolute atomic E-state index is 0.0690.